The van der Waals surface area contributed by atoms with Crippen molar-refractivity contribution in [3.63, 3.8) is 0 Å². The van der Waals surface area contributed by atoms with Crippen LogP contribution in [-0.4, -0.2) is 67.1 Å². The highest BCUT2D eigenvalue weighted by Gasteiger charge is 2.50. The summed E-state index contributed by atoms with van der Waals surface area (Å²) in [4.78, 5) is 5.20. The first kappa shape index (κ1) is 19.9. The first-order chi connectivity index (χ1) is 15.3. The van der Waals surface area contributed by atoms with Gasteiger partial charge in [-0.05, 0) is 62.7 Å². The lowest BCUT2D eigenvalue weighted by Crippen LogP contribution is -2.56. The third-order valence-electron chi connectivity index (χ3n) is 7.93. The summed E-state index contributed by atoms with van der Waals surface area (Å²) in [6.45, 7) is 7.27. The van der Waals surface area contributed by atoms with Crippen molar-refractivity contribution in [1.82, 2.24) is 15.1 Å². The van der Waals surface area contributed by atoms with Crippen LogP contribution >= 0.6 is 11.3 Å². The van der Waals surface area contributed by atoms with Crippen LogP contribution in [0.5, 0.6) is 5.75 Å². The monoisotopic (exact) mass is 440 g/mol. The van der Waals surface area contributed by atoms with E-state index < -0.39 is 0 Å². The molecular weight excluding hydrogens is 408 g/mol. The van der Waals surface area contributed by atoms with Crippen molar-refractivity contribution >= 4 is 16.5 Å². The minimum atomic E-state index is 0.527. The van der Waals surface area contributed by atoms with Gasteiger partial charge in [0.05, 0.1) is 19.8 Å². The van der Waals surface area contributed by atoms with Crippen LogP contribution in [-0.2, 0) is 4.74 Å². The summed E-state index contributed by atoms with van der Waals surface area (Å²) < 4.78 is 11.5. The van der Waals surface area contributed by atoms with Gasteiger partial charge in [0.2, 0.25) is 5.13 Å². The lowest BCUT2D eigenvalue weighted by atomic mass is 9.78. The molecule has 0 bridgehead atoms. The number of anilines is 1. The topological polar surface area (TPSA) is 50.7 Å². The largest absolute Gasteiger partial charge is 0.493 e. The van der Waals surface area contributed by atoms with Crippen molar-refractivity contribution in [1.29, 1.82) is 0 Å². The van der Waals surface area contributed by atoms with E-state index in [4.69, 9.17) is 9.47 Å². The van der Waals surface area contributed by atoms with E-state index in [1.165, 1.54) is 63.8 Å². The smallest absolute Gasteiger partial charge is 0.208 e. The summed E-state index contributed by atoms with van der Waals surface area (Å²) in [7, 11) is 0. The van der Waals surface area contributed by atoms with Crippen molar-refractivity contribution in [2.45, 2.75) is 44.1 Å². The van der Waals surface area contributed by atoms with Gasteiger partial charge < -0.3 is 19.3 Å². The average molecular weight is 441 g/mol. The normalized spacial score (nSPS) is 26.7. The van der Waals surface area contributed by atoms with E-state index in [9.17, 15) is 0 Å². The molecule has 1 spiro atoms. The van der Waals surface area contributed by atoms with Gasteiger partial charge in [0.15, 0.2) is 0 Å². The number of para-hydroxylation sites is 1. The van der Waals surface area contributed by atoms with Crippen LogP contribution in [0.15, 0.2) is 29.8 Å². The number of ether oxygens (including phenoxy) is 2. The number of hydrogen-bond donors (Lipinski definition) is 0. The van der Waals surface area contributed by atoms with Gasteiger partial charge in [-0.15, -0.1) is 10.2 Å². The van der Waals surface area contributed by atoms with Crippen LogP contribution in [0.4, 0.5) is 5.13 Å². The van der Waals surface area contributed by atoms with E-state index in [1.807, 2.05) is 5.51 Å². The molecule has 1 aromatic heterocycles. The number of hydrogen-bond acceptors (Lipinski definition) is 7. The van der Waals surface area contributed by atoms with Crippen molar-refractivity contribution in [2.75, 3.05) is 50.9 Å². The predicted octanol–water partition coefficient (Wildman–Crippen LogP) is 3.80. The van der Waals surface area contributed by atoms with E-state index in [1.54, 1.807) is 11.3 Å². The molecule has 0 N–H and O–H groups in total. The quantitative estimate of drug-likeness (QED) is 0.681. The Morgan fingerprint density at radius 2 is 1.97 bits per heavy atom. The fourth-order valence-electron chi connectivity index (χ4n) is 6.09. The molecule has 6 rings (SSSR count). The Morgan fingerprint density at radius 1 is 1.13 bits per heavy atom. The average Bonchev–Trinajstić information content (AvgIpc) is 3.42. The molecule has 1 aliphatic carbocycles. The number of rotatable bonds is 6. The van der Waals surface area contributed by atoms with Gasteiger partial charge in [-0.1, -0.05) is 29.5 Å². The Bertz CT molecular complexity index is 873. The maximum absolute atomic E-state index is 6.20. The first-order valence-electron chi connectivity index (χ1n) is 11.8. The summed E-state index contributed by atoms with van der Waals surface area (Å²) in [6.07, 6.45) is 6.57. The van der Waals surface area contributed by atoms with Gasteiger partial charge >= 0.3 is 0 Å². The van der Waals surface area contributed by atoms with Crippen LogP contribution < -0.4 is 9.64 Å². The van der Waals surface area contributed by atoms with Crippen molar-refractivity contribution in [2.24, 2.45) is 11.3 Å². The van der Waals surface area contributed by atoms with Crippen LogP contribution in [0.1, 0.15) is 43.6 Å². The fourth-order valence-corrected chi connectivity index (χ4v) is 6.65. The Hall–Kier alpha value is -1.70. The van der Waals surface area contributed by atoms with Gasteiger partial charge in [-0.2, -0.15) is 0 Å². The molecule has 3 aliphatic heterocycles. The maximum Gasteiger partial charge on any atom is 0.208 e. The molecule has 4 heterocycles. The summed E-state index contributed by atoms with van der Waals surface area (Å²) >= 11 is 1.66. The van der Waals surface area contributed by atoms with Gasteiger partial charge in [-0.3, -0.25) is 0 Å². The molecule has 6 nitrogen and oxygen atoms in total. The van der Waals surface area contributed by atoms with Gasteiger partial charge in [0.1, 0.15) is 11.3 Å². The van der Waals surface area contributed by atoms with Crippen LogP contribution in [0, 0.1) is 11.3 Å². The second-order valence-corrected chi connectivity index (χ2v) is 10.8. The highest BCUT2D eigenvalue weighted by Crippen LogP contribution is 2.49. The molecule has 1 saturated carbocycles. The Balaban J connectivity index is 1.02. The molecule has 1 atom stereocenters. The minimum Gasteiger partial charge on any atom is -0.493 e. The molecule has 1 aromatic carbocycles. The third kappa shape index (κ3) is 3.96. The second-order valence-electron chi connectivity index (χ2n) is 10.0. The lowest BCUT2D eigenvalue weighted by Gasteiger charge is -2.48. The first-order valence-corrected chi connectivity index (χ1v) is 12.7. The van der Waals surface area contributed by atoms with Crippen molar-refractivity contribution < 1.29 is 9.47 Å². The number of piperidine rings is 1. The third-order valence-corrected chi connectivity index (χ3v) is 8.68. The summed E-state index contributed by atoms with van der Waals surface area (Å²) in [5.41, 5.74) is 3.78. The van der Waals surface area contributed by atoms with E-state index in [0.29, 0.717) is 17.3 Å². The molecule has 3 saturated heterocycles. The van der Waals surface area contributed by atoms with Gasteiger partial charge in [0, 0.05) is 30.5 Å². The number of likely N-dealkylation sites (tertiary alicyclic amines) is 1. The van der Waals surface area contributed by atoms with Crippen LogP contribution in [0.3, 0.4) is 0 Å². The number of benzene rings is 1. The van der Waals surface area contributed by atoms with Gasteiger partial charge in [0.25, 0.3) is 0 Å². The molecule has 31 heavy (non-hydrogen) atoms. The van der Waals surface area contributed by atoms with E-state index in [0.717, 1.165) is 36.7 Å². The minimum absolute atomic E-state index is 0.527. The molecule has 4 fully saturated rings. The number of aromatic nitrogens is 2. The highest BCUT2D eigenvalue weighted by molar-refractivity contribution is 7.13. The molecule has 0 unspecified atom stereocenters. The van der Waals surface area contributed by atoms with Crippen molar-refractivity contribution in [3.8, 4) is 5.75 Å². The molecule has 0 amide bonds. The zero-order chi connectivity index (χ0) is 20.7. The molecule has 166 valence electrons. The molecule has 0 radical (unpaired) electrons. The van der Waals surface area contributed by atoms with Crippen molar-refractivity contribution in [3.05, 3.63) is 35.3 Å². The van der Waals surface area contributed by atoms with E-state index >= 15 is 0 Å². The fraction of sp³-hybridized carbons (Fsp3) is 0.667. The zero-order valence-corrected chi connectivity index (χ0v) is 18.9. The Labute approximate surface area is 188 Å². The SMILES string of the molecule is c1ccc(C2CCN([C@@H]3CCC4(C3)CN(c3nncs3)C4)CC2)c(OCC2COC2)c1. The van der Waals surface area contributed by atoms with Crippen LogP contribution in [0.25, 0.3) is 0 Å². The molecular formula is C24H32N4O2S. The molecule has 4 aliphatic rings. The molecule has 2 aromatic rings. The molecule has 7 heteroatoms. The Morgan fingerprint density at radius 3 is 2.71 bits per heavy atom. The standard InChI is InChI=1S/C24H32N4O2S/c1-2-4-22(30-14-18-12-29-13-18)21(3-1)19-6-9-27(10-7-19)20-5-8-24(11-20)15-28(16-24)23-26-25-17-31-23/h1-4,17-20H,5-16H2/t20-/m1/s1. The van der Waals surface area contributed by atoms with Crippen LogP contribution in [0.2, 0.25) is 0 Å². The maximum atomic E-state index is 6.20. The zero-order valence-electron chi connectivity index (χ0n) is 18.1. The summed E-state index contributed by atoms with van der Waals surface area (Å²) in [6, 6.07) is 9.48. The van der Waals surface area contributed by atoms with Gasteiger partial charge in [-0.25, -0.2) is 0 Å². The van der Waals surface area contributed by atoms with E-state index in [2.05, 4.69) is 44.3 Å². The highest BCUT2D eigenvalue weighted by atomic mass is 32.1. The second kappa shape index (κ2) is 8.34. The lowest BCUT2D eigenvalue weighted by molar-refractivity contribution is -0.0510. The Kier molecular flexibility index (Phi) is 5.36. The summed E-state index contributed by atoms with van der Waals surface area (Å²) in [5.74, 6) is 2.29. The van der Waals surface area contributed by atoms with E-state index in [-0.39, 0.29) is 0 Å². The predicted molar refractivity (Wildman–Crippen MR) is 122 cm³/mol. The number of nitrogens with zero attached hydrogens (tertiary/aromatic N) is 4. The summed E-state index contributed by atoms with van der Waals surface area (Å²) in [5, 5.41) is 9.34.